The molecular weight excluding hydrogens is 505 g/mol. The van der Waals surface area contributed by atoms with Crippen molar-refractivity contribution >= 4 is 40.1 Å². The van der Waals surface area contributed by atoms with Crippen molar-refractivity contribution in [2.45, 2.75) is 20.0 Å². The van der Waals surface area contributed by atoms with E-state index in [-0.39, 0.29) is 44.8 Å². The van der Waals surface area contributed by atoms with Crippen LogP contribution in [0.5, 0.6) is 0 Å². The molecule has 4 rings (SSSR count). The molecule has 0 aliphatic rings. The summed E-state index contributed by atoms with van der Waals surface area (Å²) in [5.41, 5.74) is -1.33. The lowest BCUT2D eigenvalue weighted by Gasteiger charge is -2.16. The van der Waals surface area contributed by atoms with E-state index in [1.54, 1.807) is 13.0 Å². The molecule has 38 heavy (non-hydrogen) atoms. The molecule has 3 N–H and O–H groups in total. The van der Waals surface area contributed by atoms with Crippen molar-refractivity contribution in [2.75, 3.05) is 10.6 Å². The number of hydrogen-bond donors (Lipinski definition) is 3. The van der Waals surface area contributed by atoms with Gasteiger partial charge in [-0.05, 0) is 66.1 Å². The number of carbonyl (C=O) groups is 3. The quantitative estimate of drug-likeness (QED) is 0.309. The molecule has 0 fully saturated rings. The molecule has 0 spiro atoms. The van der Waals surface area contributed by atoms with Gasteiger partial charge in [0.2, 0.25) is 5.91 Å². The summed E-state index contributed by atoms with van der Waals surface area (Å²) >= 11 is 0. The minimum absolute atomic E-state index is 0.0371. The van der Waals surface area contributed by atoms with Crippen LogP contribution in [0.15, 0.2) is 53.1 Å². The van der Waals surface area contributed by atoms with Crippen LogP contribution < -0.4 is 10.6 Å². The number of nitriles is 1. The third kappa shape index (κ3) is 5.03. The summed E-state index contributed by atoms with van der Waals surface area (Å²) in [5.74, 6) is -2.77. The van der Waals surface area contributed by atoms with E-state index in [0.29, 0.717) is 11.3 Å². The van der Waals surface area contributed by atoms with Gasteiger partial charge in [-0.15, -0.1) is 0 Å². The molecule has 0 atom stereocenters. The van der Waals surface area contributed by atoms with Gasteiger partial charge in [-0.25, -0.2) is 4.79 Å². The highest BCUT2D eigenvalue weighted by Crippen LogP contribution is 2.41. The average molecular weight is 522 g/mol. The minimum Gasteiger partial charge on any atom is -0.478 e. The summed E-state index contributed by atoms with van der Waals surface area (Å²) in [6.07, 6.45) is -4.82. The molecule has 1 aromatic heterocycles. The van der Waals surface area contributed by atoms with Crippen molar-refractivity contribution in [3.63, 3.8) is 0 Å². The molecule has 0 bridgehead atoms. The zero-order chi connectivity index (χ0) is 27.8. The van der Waals surface area contributed by atoms with Crippen molar-refractivity contribution in [2.24, 2.45) is 0 Å². The normalized spacial score (nSPS) is 11.2. The van der Waals surface area contributed by atoms with Crippen LogP contribution in [0.4, 0.5) is 24.5 Å². The Bertz CT molecular complexity index is 1670. The standard InChI is InChI=1S/C26H17F3N4O5/c1-12-7-15(31-13(2)34)4-5-16(12)17-10-22-19(9-20(17)26(27,28)29)23(33-38-22)24(35)32-21-6-3-14(11-30)8-18(21)25(36)37/h3-10H,1-2H3,(H,31,34)(H,32,35)(H,36,37). The van der Waals surface area contributed by atoms with E-state index in [1.807, 2.05) is 0 Å². The Labute approximate surface area is 212 Å². The second-order valence-corrected chi connectivity index (χ2v) is 8.27. The Morgan fingerprint density at radius 1 is 1.03 bits per heavy atom. The van der Waals surface area contributed by atoms with Gasteiger partial charge in [-0.1, -0.05) is 11.2 Å². The first kappa shape index (κ1) is 25.9. The van der Waals surface area contributed by atoms with E-state index < -0.39 is 29.3 Å². The maximum Gasteiger partial charge on any atom is 0.417 e. The third-order valence-electron chi connectivity index (χ3n) is 5.59. The summed E-state index contributed by atoms with van der Waals surface area (Å²) in [6.45, 7) is 2.89. The van der Waals surface area contributed by atoms with Crippen LogP contribution in [-0.4, -0.2) is 28.0 Å². The molecule has 4 aromatic rings. The largest absolute Gasteiger partial charge is 0.478 e. The molecule has 9 nitrogen and oxygen atoms in total. The molecular formula is C26H17F3N4O5. The number of hydrogen-bond acceptors (Lipinski definition) is 6. The molecule has 3 aromatic carbocycles. The minimum atomic E-state index is -4.82. The van der Waals surface area contributed by atoms with Crippen molar-refractivity contribution in [3.8, 4) is 17.2 Å². The van der Waals surface area contributed by atoms with E-state index in [1.165, 1.54) is 37.3 Å². The second kappa shape index (κ2) is 9.70. The van der Waals surface area contributed by atoms with Gasteiger partial charge in [0.25, 0.3) is 5.91 Å². The van der Waals surface area contributed by atoms with Gasteiger partial charge >= 0.3 is 12.1 Å². The molecule has 0 unspecified atom stereocenters. The highest BCUT2D eigenvalue weighted by Gasteiger charge is 2.36. The smallest absolute Gasteiger partial charge is 0.417 e. The SMILES string of the molecule is CC(=O)Nc1ccc(-c2cc3onc(C(=O)Nc4ccc(C#N)cc4C(=O)O)c3cc2C(F)(F)F)c(C)c1. The Hall–Kier alpha value is -5.18. The lowest BCUT2D eigenvalue weighted by Crippen LogP contribution is -2.16. The number of halogens is 3. The van der Waals surface area contributed by atoms with Crippen LogP contribution >= 0.6 is 0 Å². The highest BCUT2D eigenvalue weighted by molar-refractivity contribution is 6.13. The number of alkyl halides is 3. The van der Waals surface area contributed by atoms with Gasteiger partial charge in [0.1, 0.15) is 0 Å². The topological polar surface area (TPSA) is 145 Å². The number of carboxylic acid groups (broad SMARTS) is 1. The van der Waals surface area contributed by atoms with Crippen LogP contribution in [0.1, 0.15) is 44.5 Å². The third-order valence-corrected chi connectivity index (χ3v) is 5.59. The van der Waals surface area contributed by atoms with Crippen LogP contribution in [0, 0.1) is 18.3 Å². The van der Waals surface area contributed by atoms with Crippen molar-refractivity contribution in [3.05, 3.63) is 76.5 Å². The molecule has 0 aliphatic carbocycles. The lowest BCUT2D eigenvalue weighted by atomic mass is 9.93. The van der Waals surface area contributed by atoms with Gasteiger partial charge in [0, 0.05) is 12.6 Å². The predicted molar refractivity (Wildman–Crippen MR) is 130 cm³/mol. The molecule has 0 saturated carbocycles. The zero-order valence-corrected chi connectivity index (χ0v) is 19.7. The first-order valence-corrected chi connectivity index (χ1v) is 10.9. The second-order valence-electron chi connectivity index (χ2n) is 8.27. The number of rotatable bonds is 5. The number of aromatic nitrogens is 1. The molecule has 2 amide bonds. The van der Waals surface area contributed by atoms with Gasteiger partial charge < -0.3 is 20.3 Å². The van der Waals surface area contributed by atoms with Crippen LogP contribution in [0.3, 0.4) is 0 Å². The van der Waals surface area contributed by atoms with Gasteiger partial charge in [-0.2, -0.15) is 18.4 Å². The van der Waals surface area contributed by atoms with Crippen LogP contribution in [-0.2, 0) is 11.0 Å². The fraction of sp³-hybridized carbons (Fsp3) is 0.115. The number of carbonyl (C=O) groups excluding carboxylic acids is 2. The molecule has 1 heterocycles. The fourth-order valence-electron chi connectivity index (χ4n) is 3.93. The maximum atomic E-state index is 14.1. The summed E-state index contributed by atoms with van der Waals surface area (Å²) in [4.78, 5) is 35.8. The van der Waals surface area contributed by atoms with Crippen molar-refractivity contribution in [1.29, 1.82) is 5.26 Å². The van der Waals surface area contributed by atoms with E-state index in [9.17, 15) is 32.7 Å². The number of benzene rings is 3. The number of amides is 2. The predicted octanol–water partition coefficient (Wildman–Crippen LogP) is 5.60. The lowest BCUT2D eigenvalue weighted by molar-refractivity contribution is -0.137. The fourth-order valence-corrected chi connectivity index (χ4v) is 3.93. The van der Waals surface area contributed by atoms with E-state index in [2.05, 4.69) is 15.8 Å². The molecule has 192 valence electrons. The van der Waals surface area contributed by atoms with Crippen LogP contribution in [0.25, 0.3) is 22.1 Å². The van der Waals surface area contributed by atoms with Crippen molar-refractivity contribution in [1.82, 2.24) is 5.16 Å². The Kier molecular flexibility index (Phi) is 6.61. The highest BCUT2D eigenvalue weighted by atomic mass is 19.4. The first-order valence-electron chi connectivity index (χ1n) is 10.9. The molecule has 0 radical (unpaired) electrons. The summed E-state index contributed by atoms with van der Waals surface area (Å²) < 4.78 is 47.6. The maximum absolute atomic E-state index is 14.1. The summed E-state index contributed by atoms with van der Waals surface area (Å²) in [5, 5.41) is 26.6. The number of nitrogens with zero attached hydrogens (tertiary/aromatic N) is 2. The van der Waals surface area contributed by atoms with E-state index >= 15 is 0 Å². The van der Waals surface area contributed by atoms with Crippen molar-refractivity contribution < 1.29 is 37.2 Å². The summed E-state index contributed by atoms with van der Waals surface area (Å²) in [7, 11) is 0. The number of aromatic carboxylic acids is 1. The number of nitrogens with one attached hydrogen (secondary N) is 2. The first-order chi connectivity index (χ1) is 17.9. The van der Waals surface area contributed by atoms with Gasteiger partial charge in [0.05, 0.1) is 33.8 Å². The molecule has 0 aliphatic heterocycles. The van der Waals surface area contributed by atoms with Gasteiger partial charge in [-0.3, -0.25) is 9.59 Å². The van der Waals surface area contributed by atoms with E-state index in [0.717, 1.165) is 18.2 Å². The number of carboxylic acids is 1. The molecule has 0 saturated heterocycles. The monoisotopic (exact) mass is 522 g/mol. The Morgan fingerprint density at radius 3 is 2.37 bits per heavy atom. The average Bonchev–Trinajstić information content (AvgIpc) is 3.26. The zero-order valence-electron chi connectivity index (χ0n) is 19.7. The Morgan fingerprint density at radius 2 is 1.76 bits per heavy atom. The summed E-state index contributed by atoms with van der Waals surface area (Å²) in [6, 6.07) is 11.6. The number of anilines is 2. The van der Waals surface area contributed by atoms with E-state index in [4.69, 9.17) is 9.78 Å². The Balaban J connectivity index is 1.79. The number of aryl methyl sites for hydroxylation is 1. The molecule has 12 heteroatoms. The van der Waals surface area contributed by atoms with Crippen LogP contribution in [0.2, 0.25) is 0 Å². The number of fused-ring (bicyclic) bond motifs is 1. The van der Waals surface area contributed by atoms with Gasteiger partial charge in [0.15, 0.2) is 11.3 Å².